The molecule has 10 heteroatoms. The van der Waals surface area contributed by atoms with Gasteiger partial charge in [-0.25, -0.2) is 4.98 Å². The van der Waals surface area contributed by atoms with E-state index >= 15 is 0 Å². The number of aryl methyl sites for hydroxylation is 3. The lowest BCUT2D eigenvalue weighted by Gasteiger charge is -2.40. The van der Waals surface area contributed by atoms with Crippen molar-refractivity contribution >= 4 is 51.8 Å². The van der Waals surface area contributed by atoms with Gasteiger partial charge in [-0.3, -0.25) is 4.79 Å². The minimum atomic E-state index is 0.0314. The van der Waals surface area contributed by atoms with E-state index in [0.717, 1.165) is 71.8 Å². The Labute approximate surface area is 213 Å². The standard InChI is InChI=1S/C24H28N6OS3/c1-15-10-16(2)12-18(11-15)25-23(32)29-7-4-24(5-8-29)6-9-30(14-24)22(31)19-13-33-21(26-19)20-17(3)27-28-34-20/h10-13H,4-9,14H2,1-3H3,(H,25,32). The number of anilines is 1. The predicted molar refractivity (Wildman–Crippen MR) is 142 cm³/mol. The molecule has 7 nitrogen and oxygen atoms in total. The van der Waals surface area contributed by atoms with Crippen LogP contribution in [0.15, 0.2) is 23.6 Å². The van der Waals surface area contributed by atoms with Gasteiger partial charge in [0.15, 0.2) is 5.11 Å². The summed E-state index contributed by atoms with van der Waals surface area (Å²) in [5.41, 5.74) is 5.07. The van der Waals surface area contributed by atoms with Gasteiger partial charge in [0.1, 0.15) is 15.6 Å². The molecule has 1 amide bonds. The third-order valence-corrected chi connectivity index (χ3v) is 9.06. The number of rotatable bonds is 3. The number of hydrogen-bond acceptors (Lipinski definition) is 7. The number of carbonyl (C=O) groups excluding carboxylic acids is 1. The Morgan fingerprint density at radius 3 is 2.38 bits per heavy atom. The first-order valence-corrected chi connectivity index (χ1v) is 13.6. The summed E-state index contributed by atoms with van der Waals surface area (Å²) >= 11 is 8.52. The van der Waals surface area contributed by atoms with E-state index in [4.69, 9.17) is 12.2 Å². The number of nitrogens with zero attached hydrogens (tertiary/aromatic N) is 5. The fourth-order valence-corrected chi connectivity index (χ4v) is 6.90. The number of amides is 1. The summed E-state index contributed by atoms with van der Waals surface area (Å²) in [4.78, 5) is 23.0. The summed E-state index contributed by atoms with van der Waals surface area (Å²) in [7, 11) is 0. The summed E-state index contributed by atoms with van der Waals surface area (Å²) < 4.78 is 3.98. The lowest BCUT2D eigenvalue weighted by Crippen LogP contribution is -2.46. The molecule has 2 aliphatic rings. The number of hydrogen-bond donors (Lipinski definition) is 1. The topological polar surface area (TPSA) is 74.2 Å². The quantitative estimate of drug-likeness (QED) is 0.500. The summed E-state index contributed by atoms with van der Waals surface area (Å²) in [6, 6.07) is 6.42. The Bertz CT molecular complexity index is 1210. The van der Waals surface area contributed by atoms with Gasteiger partial charge in [0.25, 0.3) is 5.91 Å². The maximum atomic E-state index is 13.2. The van der Waals surface area contributed by atoms with E-state index in [1.165, 1.54) is 34.0 Å². The van der Waals surface area contributed by atoms with E-state index in [1.807, 2.05) is 17.2 Å². The largest absolute Gasteiger partial charge is 0.349 e. The number of carbonyl (C=O) groups is 1. The number of piperidine rings is 1. The zero-order chi connectivity index (χ0) is 23.9. The summed E-state index contributed by atoms with van der Waals surface area (Å²) in [6.07, 6.45) is 3.12. The molecule has 2 saturated heterocycles. The van der Waals surface area contributed by atoms with Crippen LogP contribution in [0.1, 0.15) is 46.6 Å². The van der Waals surface area contributed by atoms with Crippen LogP contribution in [0, 0.1) is 26.2 Å². The number of aromatic nitrogens is 3. The third kappa shape index (κ3) is 4.71. The minimum Gasteiger partial charge on any atom is -0.349 e. The van der Waals surface area contributed by atoms with Crippen LogP contribution in [0.25, 0.3) is 9.88 Å². The van der Waals surface area contributed by atoms with Crippen LogP contribution in [0.3, 0.4) is 0 Å². The van der Waals surface area contributed by atoms with Crippen LogP contribution in [-0.4, -0.2) is 61.6 Å². The second-order valence-electron chi connectivity index (χ2n) is 9.50. The first kappa shape index (κ1) is 23.3. The molecule has 2 aliphatic heterocycles. The molecule has 2 aromatic heterocycles. The molecule has 0 bridgehead atoms. The average molecular weight is 513 g/mol. The second-order valence-corrected chi connectivity index (χ2v) is 11.5. The molecule has 4 heterocycles. The molecule has 178 valence electrons. The molecule has 0 atom stereocenters. The molecule has 0 radical (unpaired) electrons. The maximum absolute atomic E-state index is 13.2. The van der Waals surface area contributed by atoms with Gasteiger partial charge >= 0.3 is 0 Å². The highest BCUT2D eigenvalue weighted by molar-refractivity contribution is 7.80. The van der Waals surface area contributed by atoms with Crippen molar-refractivity contribution in [2.75, 3.05) is 31.5 Å². The van der Waals surface area contributed by atoms with E-state index in [9.17, 15) is 4.79 Å². The predicted octanol–water partition coefficient (Wildman–Crippen LogP) is 4.91. The Morgan fingerprint density at radius 2 is 1.74 bits per heavy atom. The Kier molecular flexibility index (Phi) is 6.39. The number of thiocarbonyl (C=S) groups is 1. The maximum Gasteiger partial charge on any atom is 0.273 e. The lowest BCUT2D eigenvalue weighted by atomic mass is 9.78. The van der Waals surface area contributed by atoms with E-state index in [-0.39, 0.29) is 11.3 Å². The van der Waals surface area contributed by atoms with E-state index in [2.05, 4.69) is 56.8 Å². The Morgan fingerprint density at radius 1 is 1.06 bits per heavy atom. The van der Waals surface area contributed by atoms with Gasteiger partial charge in [0.2, 0.25) is 0 Å². The molecule has 5 rings (SSSR count). The molecule has 34 heavy (non-hydrogen) atoms. The SMILES string of the molecule is Cc1cc(C)cc(NC(=S)N2CCC3(CCN(C(=O)c4csc(-c5snnc5C)n4)C3)CC2)c1. The Hall–Kier alpha value is -2.43. The van der Waals surface area contributed by atoms with Crippen LogP contribution in [0.2, 0.25) is 0 Å². The normalized spacial score (nSPS) is 17.4. The number of likely N-dealkylation sites (tertiary alicyclic amines) is 2. The highest BCUT2D eigenvalue weighted by Crippen LogP contribution is 2.41. The molecule has 0 unspecified atom stereocenters. The zero-order valence-electron chi connectivity index (χ0n) is 19.6. The number of nitrogens with one attached hydrogen (secondary N) is 1. The van der Waals surface area contributed by atoms with Crippen molar-refractivity contribution in [1.82, 2.24) is 24.4 Å². The van der Waals surface area contributed by atoms with Gasteiger partial charge in [-0.1, -0.05) is 10.6 Å². The van der Waals surface area contributed by atoms with Crippen molar-refractivity contribution in [2.45, 2.75) is 40.0 Å². The van der Waals surface area contributed by atoms with Crippen LogP contribution >= 0.6 is 35.1 Å². The van der Waals surface area contributed by atoms with E-state index in [1.54, 1.807) is 0 Å². The zero-order valence-corrected chi connectivity index (χ0v) is 22.1. The molecule has 1 aromatic carbocycles. The molecular formula is C24H28N6OS3. The Balaban J connectivity index is 1.18. The summed E-state index contributed by atoms with van der Waals surface area (Å²) in [5, 5.41) is 10.9. The van der Waals surface area contributed by atoms with Crippen molar-refractivity contribution in [3.05, 3.63) is 46.1 Å². The van der Waals surface area contributed by atoms with Gasteiger partial charge in [-0.2, -0.15) is 0 Å². The summed E-state index contributed by atoms with van der Waals surface area (Å²) in [6.45, 7) is 9.53. The van der Waals surface area contributed by atoms with Gasteiger partial charge < -0.3 is 15.1 Å². The smallest absolute Gasteiger partial charge is 0.273 e. The molecule has 2 fully saturated rings. The van der Waals surface area contributed by atoms with Crippen LogP contribution in [0.5, 0.6) is 0 Å². The molecular weight excluding hydrogens is 485 g/mol. The lowest BCUT2D eigenvalue weighted by molar-refractivity contribution is 0.0744. The molecule has 1 spiro atoms. The van der Waals surface area contributed by atoms with Crippen LogP contribution in [-0.2, 0) is 0 Å². The van der Waals surface area contributed by atoms with Gasteiger partial charge in [0.05, 0.1) is 5.69 Å². The molecule has 1 N–H and O–H groups in total. The number of thiazole rings is 1. The van der Waals surface area contributed by atoms with Gasteiger partial charge in [-0.05, 0) is 92.5 Å². The van der Waals surface area contributed by atoms with Crippen molar-refractivity contribution in [2.24, 2.45) is 5.41 Å². The van der Waals surface area contributed by atoms with E-state index in [0.29, 0.717) is 5.69 Å². The fraction of sp³-hybridized carbons (Fsp3) is 0.458. The van der Waals surface area contributed by atoms with Crippen LogP contribution in [0.4, 0.5) is 5.69 Å². The van der Waals surface area contributed by atoms with Crippen molar-refractivity contribution in [3.63, 3.8) is 0 Å². The fourth-order valence-electron chi connectivity index (χ4n) is 5.02. The highest BCUT2D eigenvalue weighted by atomic mass is 32.1. The highest BCUT2D eigenvalue weighted by Gasteiger charge is 2.43. The first-order valence-electron chi connectivity index (χ1n) is 11.5. The monoisotopic (exact) mass is 512 g/mol. The number of benzene rings is 1. The van der Waals surface area contributed by atoms with Gasteiger partial charge in [0, 0.05) is 37.2 Å². The molecule has 3 aromatic rings. The van der Waals surface area contributed by atoms with Crippen molar-refractivity contribution in [3.8, 4) is 9.88 Å². The van der Waals surface area contributed by atoms with E-state index < -0.39 is 0 Å². The van der Waals surface area contributed by atoms with Crippen molar-refractivity contribution in [1.29, 1.82) is 0 Å². The second kappa shape index (κ2) is 9.31. The molecule has 0 saturated carbocycles. The van der Waals surface area contributed by atoms with Gasteiger partial charge in [-0.15, -0.1) is 16.4 Å². The minimum absolute atomic E-state index is 0.0314. The summed E-state index contributed by atoms with van der Waals surface area (Å²) in [5.74, 6) is 0.0314. The van der Waals surface area contributed by atoms with Crippen molar-refractivity contribution < 1.29 is 4.79 Å². The van der Waals surface area contributed by atoms with Crippen LogP contribution < -0.4 is 5.32 Å². The average Bonchev–Trinajstić information content (AvgIpc) is 3.53. The third-order valence-electron chi connectivity index (χ3n) is 6.88. The first-order chi connectivity index (χ1) is 16.3. The molecule has 0 aliphatic carbocycles.